The average molecular weight is 532 g/mol. The molecule has 1 aromatic carbocycles. The molecule has 38 heavy (non-hydrogen) atoms. The van der Waals surface area contributed by atoms with Crippen LogP contribution in [0.5, 0.6) is 5.88 Å². The molecule has 2 atom stereocenters. The molecule has 1 N–H and O–H groups in total. The highest BCUT2D eigenvalue weighted by molar-refractivity contribution is 6.05. The van der Waals surface area contributed by atoms with Crippen molar-refractivity contribution < 1.29 is 27.4 Å². The standard InChI is InChI=1S/C27H32F3N5O3/c1-34-25-19(15-31-34)3-2-4-22(25)26(36)32-20-6-7-21(37-16-20)10-13-35-12-9-18-5-8-24(33-23(18)11-14-35)38-17-27(28,29)30/h2-5,8,15,20-21H,6-7,9-14,16-17H2,1H3,(H,32,36)/t20-,21+/m0/s1. The van der Waals surface area contributed by atoms with Crippen LogP contribution in [0.3, 0.4) is 0 Å². The number of aromatic nitrogens is 3. The number of carbonyl (C=O) groups excluding carboxylic acids is 1. The summed E-state index contributed by atoms with van der Waals surface area (Å²) >= 11 is 0. The van der Waals surface area contributed by atoms with E-state index in [1.165, 1.54) is 6.07 Å². The summed E-state index contributed by atoms with van der Waals surface area (Å²) in [5.74, 6) is -0.0975. The monoisotopic (exact) mass is 531 g/mol. The van der Waals surface area contributed by atoms with E-state index in [1.807, 2.05) is 31.3 Å². The van der Waals surface area contributed by atoms with E-state index in [0.29, 0.717) is 18.6 Å². The second-order valence-corrected chi connectivity index (χ2v) is 10.0. The molecule has 1 amide bonds. The van der Waals surface area contributed by atoms with Crippen molar-refractivity contribution in [3.8, 4) is 5.88 Å². The summed E-state index contributed by atoms with van der Waals surface area (Å²) in [4.78, 5) is 19.6. The van der Waals surface area contributed by atoms with Crippen LogP contribution < -0.4 is 10.1 Å². The minimum Gasteiger partial charge on any atom is -0.468 e. The zero-order valence-corrected chi connectivity index (χ0v) is 21.3. The van der Waals surface area contributed by atoms with Gasteiger partial charge in [0, 0.05) is 50.2 Å². The van der Waals surface area contributed by atoms with Gasteiger partial charge in [0.05, 0.1) is 36.0 Å². The number of nitrogens with zero attached hydrogens (tertiary/aromatic N) is 4. The number of nitrogens with one attached hydrogen (secondary N) is 1. The highest BCUT2D eigenvalue weighted by Gasteiger charge is 2.29. The van der Waals surface area contributed by atoms with Crippen molar-refractivity contribution in [1.29, 1.82) is 0 Å². The highest BCUT2D eigenvalue weighted by atomic mass is 19.4. The molecular weight excluding hydrogens is 499 g/mol. The van der Waals surface area contributed by atoms with Gasteiger partial charge in [-0.25, -0.2) is 4.98 Å². The van der Waals surface area contributed by atoms with Gasteiger partial charge in [0.2, 0.25) is 5.88 Å². The Morgan fingerprint density at radius 2 is 2.03 bits per heavy atom. The van der Waals surface area contributed by atoms with Gasteiger partial charge in [0.15, 0.2) is 6.61 Å². The fourth-order valence-electron chi connectivity index (χ4n) is 5.22. The van der Waals surface area contributed by atoms with Gasteiger partial charge >= 0.3 is 6.18 Å². The molecule has 2 aromatic heterocycles. The molecule has 0 radical (unpaired) electrons. The van der Waals surface area contributed by atoms with Crippen LogP contribution in [-0.4, -0.2) is 76.7 Å². The van der Waals surface area contributed by atoms with Crippen LogP contribution in [0.15, 0.2) is 36.5 Å². The molecule has 2 aliphatic rings. The lowest BCUT2D eigenvalue weighted by molar-refractivity contribution is -0.154. The number of carbonyl (C=O) groups is 1. The predicted molar refractivity (Wildman–Crippen MR) is 135 cm³/mol. The zero-order chi connectivity index (χ0) is 26.7. The molecule has 2 aliphatic heterocycles. The molecule has 1 saturated heterocycles. The molecule has 0 aliphatic carbocycles. The first-order chi connectivity index (χ1) is 18.2. The first kappa shape index (κ1) is 26.4. The van der Waals surface area contributed by atoms with Gasteiger partial charge in [-0.3, -0.25) is 9.48 Å². The number of rotatable bonds is 7. The number of halogens is 3. The molecular formula is C27H32F3N5O3. The number of amides is 1. The molecule has 0 bridgehead atoms. The number of aryl methyl sites for hydroxylation is 1. The molecule has 5 rings (SSSR count). The van der Waals surface area contributed by atoms with E-state index in [9.17, 15) is 18.0 Å². The molecule has 0 saturated carbocycles. The smallest absolute Gasteiger partial charge is 0.422 e. The molecule has 8 nitrogen and oxygen atoms in total. The lowest BCUT2D eigenvalue weighted by Crippen LogP contribution is -2.43. The quantitative estimate of drug-likeness (QED) is 0.501. The van der Waals surface area contributed by atoms with Gasteiger partial charge in [-0.05, 0) is 37.3 Å². The minimum absolute atomic E-state index is 0.0174. The lowest BCUT2D eigenvalue weighted by atomic mass is 10.0. The Balaban J connectivity index is 1.06. The van der Waals surface area contributed by atoms with Crippen LogP contribution in [0.4, 0.5) is 13.2 Å². The Morgan fingerprint density at radius 3 is 2.82 bits per heavy atom. The third kappa shape index (κ3) is 6.44. The lowest BCUT2D eigenvalue weighted by Gasteiger charge is -2.31. The largest absolute Gasteiger partial charge is 0.468 e. The molecule has 4 heterocycles. The highest BCUT2D eigenvalue weighted by Crippen LogP contribution is 2.23. The van der Waals surface area contributed by atoms with Crippen LogP contribution in [0.2, 0.25) is 0 Å². The third-order valence-corrected chi connectivity index (χ3v) is 7.27. The Bertz CT molecular complexity index is 1270. The molecule has 1 fully saturated rings. The Hall–Kier alpha value is -3.18. The molecule has 0 spiro atoms. The van der Waals surface area contributed by atoms with Gasteiger partial charge < -0.3 is 19.7 Å². The molecule has 204 valence electrons. The maximum atomic E-state index is 12.9. The fraction of sp³-hybridized carbons (Fsp3) is 0.519. The number of hydrogen-bond donors (Lipinski definition) is 1. The molecule has 11 heteroatoms. The SMILES string of the molecule is Cn1ncc2cccc(C(=O)N[C@H]3CC[C@H](CCN4CCc5ccc(OCC(F)(F)F)nc5CC4)OC3)c21. The van der Waals surface area contributed by atoms with Crippen LogP contribution in [0.1, 0.15) is 40.9 Å². The Labute approximate surface area is 219 Å². The average Bonchev–Trinajstić information content (AvgIpc) is 3.16. The van der Waals surface area contributed by atoms with Gasteiger partial charge in [0.25, 0.3) is 5.91 Å². The molecule has 3 aromatic rings. The van der Waals surface area contributed by atoms with Gasteiger partial charge in [0.1, 0.15) is 0 Å². The van der Waals surface area contributed by atoms with Crippen LogP contribution >= 0.6 is 0 Å². The van der Waals surface area contributed by atoms with Crippen molar-refractivity contribution in [2.45, 2.75) is 50.4 Å². The normalized spacial score (nSPS) is 20.6. The Kier molecular flexibility index (Phi) is 7.85. The summed E-state index contributed by atoms with van der Waals surface area (Å²) < 4.78 is 50.0. The summed E-state index contributed by atoms with van der Waals surface area (Å²) in [6.45, 7) is 1.66. The summed E-state index contributed by atoms with van der Waals surface area (Å²) in [7, 11) is 1.83. The van der Waals surface area contributed by atoms with E-state index in [4.69, 9.17) is 9.47 Å². The second kappa shape index (κ2) is 11.3. The molecule has 0 unspecified atom stereocenters. The summed E-state index contributed by atoms with van der Waals surface area (Å²) in [5, 5.41) is 8.30. The second-order valence-electron chi connectivity index (χ2n) is 10.0. The summed E-state index contributed by atoms with van der Waals surface area (Å²) in [5.41, 5.74) is 3.29. The van der Waals surface area contributed by atoms with E-state index in [2.05, 4.69) is 20.3 Å². The zero-order valence-electron chi connectivity index (χ0n) is 21.3. The van der Waals surface area contributed by atoms with Crippen molar-refractivity contribution >= 4 is 16.8 Å². The maximum absolute atomic E-state index is 12.9. The number of hydrogen-bond acceptors (Lipinski definition) is 6. The predicted octanol–water partition coefficient (Wildman–Crippen LogP) is 3.68. The van der Waals surface area contributed by atoms with E-state index in [0.717, 1.165) is 67.5 Å². The number of pyridine rings is 1. The van der Waals surface area contributed by atoms with E-state index < -0.39 is 12.8 Å². The van der Waals surface area contributed by atoms with Crippen molar-refractivity contribution in [3.05, 3.63) is 53.3 Å². The summed E-state index contributed by atoms with van der Waals surface area (Å²) in [6, 6.07) is 8.93. The number of para-hydroxylation sites is 1. The van der Waals surface area contributed by atoms with Crippen LogP contribution in [0.25, 0.3) is 10.9 Å². The minimum atomic E-state index is -4.38. The first-order valence-electron chi connectivity index (χ1n) is 13.0. The van der Waals surface area contributed by atoms with Crippen molar-refractivity contribution in [3.63, 3.8) is 0 Å². The maximum Gasteiger partial charge on any atom is 0.422 e. The van der Waals surface area contributed by atoms with Crippen molar-refractivity contribution in [2.75, 3.05) is 32.8 Å². The van der Waals surface area contributed by atoms with Crippen LogP contribution in [-0.2, 0) is 24.6 Å². The topological polar surface area (TPSA) is 81.5 Å². The summed E-state index contributed by atoms with van der Waals surface area (Å²) in [6.07, 6.45) is 1.58. The first-order valence-corrected chi connectivity index (χ1v) is 13.0. The van der Waals surface area contributed by atoms with Gasteiger partial charge in [-0.2, -0.15) is 18.3 Å². The van der Waals surface area contributed by atoms with Crippen molar-refractivity contribution in [1.82, 2.24) is 25.0 Å². The number of alkyl halides is 3. The van der Waals surface area contributed by atoms with Gasteiger partial charge in [-0.1, -0.05) is 18.2 Å². The third-order valence-electron chi connectivity index (χ3n) is 7.27. The van der Waals surface area contributed by atoms with E-state index >= 15 is 0 Å². The number of ether oxygens (including phenoxy) is 2. The Morgan fingerprint density at radius 1 is 1.18 bits per heavy atom. The number of benzene rings is 1. The fourth-order valence-corrected chi connectivity index (χ4v) is 5.22. The van der Waals surface area contributed by atoms with E-state index in [-0.39, 0.29) is 23.9 Å². The van der Waals surface area contributed by atoms with Crippen molar-refractivity contribution in [2.24, 2.45) is 7.05 Å². The van der Waals surface area contributed by atoms with Crippen LogP contribution in [0, 0.1) is 0 Å². The van der Waals surface area contributed by atoms with E-state index in [1.54, 1.807) is 10.9 Å². The number of fused-ring (bicyclic) bond motifs is 2. The van der Waals surface area contributed by atoms with Gasteiger partial charge in [-0.15, -0.1) is 0 Å².